The van der Waals surface area contributed by atoms with Crippen LogP contribution in [0.25, 0.3) is 0 Å². The molecule has 2 aliphatic rings. The van der Waals surface area contributed by atoms with E-state index in [1.165, 1.54) is 50.9 Å². The van der Waals surface area contributed by atoms with Crippen LogP contribution in [0.3, 0.4) is 0 Å². The van der Waals surface area contributed by atoms with Crippen molar-refractivity contribution in [1.29, 1.82) is 0 Å². The Morgan fingerprint density at radius 1 is 1.18 bits per heavy atom. The zero-order valence-electron chi connectivity index (χ0n) is 10.4. The van der Waals surface area contributed by atoms with E-state index in [0.717, 1.165) is 12.1 Å². The van der Waals surface area contributed by atoms with E-state index in [1.54, 1.807) is 0 Å². The average Bonchev–Trinajstić information content (AvgIpc) is 3.00. The van der Waals surface area contributed by atoms with Crippen molar-refractivity contribution in [3.8, 4) is 0 Å². The molecule has 92 valence electrons. The maximum Gasteiger partial charge on any atom is 0.0235 e. The van der Waals surface area contributed by atoms with E-state index in [0.29, 0.717) is 0 Å². The Bertz CT molecular complexity index is 343. The number of hydrogen-bond acceptors (Lipinski definition) is 2. The monoisotopic (exact) mass is 230 g/mol. The molecule has 2 nitrogen and oxygen atoms in total. The molecule has 2 atom stereocenters. The molecule has 0 amide bonds. The molecule has 2 unspecified atom stereocenters. The van der Waals surface area contributed by atoms with Crippen molar-refractivity contribution >= 4 is 0 Å². The number of likely N-dealkylation sites (tertiary alicyclic amines) is 1. The number of nitrogens with one attached hydrogen (secondary N) is 1. The van der Waals surface area contributed by atoms with Crippen LogP contribution < -0.4 is 5.32 Å². The SMILES string of the molecule is c1ccc(CC2CCCN2C2CCNC2)cc1. The minimum Gasteiger partial charge on any atom is -0.315 e. The summed E-state index contributed by atoms with van der Waals surface area (Å²) in [5.41, 5.74) is 1.50. The van der Waals surface area contributed by atoms with Gasteiger partial charge in [0.1, 0.15) is 0 Å². The summed E-state index contributed by atoms with van der Waals surface area (Å²) in [4.78, 5) is 2.76. The molecule has 0 aromatic heterocycles. The zero-order chi connectivity index (χ0) is 11.5. The van der Waals surface area contributed by atoms with E-state index in [1.807, 2.05) is 0 Å². The Morgan fingerprint density at radius 2 is 2.06 bits per heavy atom. The van der Waals surface area contributed by atoms with Crippen LogP contribution in [-0.2, 0) is 6.42 Å². The van der Waals surface area contributed by atoms with Crippen LogP contribution in [0.5, 0.6) is 0 Å². The lowest BCUT2D eigenvalue weighted by Gasteiger charge is -2.30. The predicted octanol–water partition coefficient (Wildman–Crippen LogP) is 2.06. The number of nitrogens with zero attached hydrogens (tertiary/aromatic N) is 1. The van der Waals surface area contributed by atoms with Crippen molar-refractivity contribution in [3.63, 3.8) is 0 Å². The summed E-state index contributed by atoms with van der Waals surface area (Å²) in [6, 6.07) is 12.5. The minimum atomic E-state index is 0.780. The molecule has 0 saturated carbocycles. The first-order chi connectivity index (χ1) is 8.43. The summed E-state index contributed by atoms with van der Waals surface area (Å²) >= 11 is 0. The van der Waals surface area contributed by atoms with Crippen molar-refractivity contribution in [2.75, 3.05) is 19.6 Å². The largest absolute Gasteiger partial charge is 0.315 e. The fraction of sp³-hybridized carbons (Fsp3) is 0.600. The fourth-order valence-corrected chi connectivity index (χ4v) is 3.37. The van der Waals surface area contributed by atoms with Crippen molar-refractivity contribution in [2.45, 2.75) is 37.8 Å². The molecule has 1 aromatic rings. The molecular weight excluding hydrogens is 208 g/mol. The lowest BCUT2D eigenvalue weighted by molar-refractivity contribution is 0.190. The smallest absolute Gasteiger partial charge is 0.0235 e. The van der Waals surface area contributed by atoms with Gasteiger partial charge < -0.3 is 5.32 Å². The third kappa shape index (κ3) is 2.53. The van der Waals surface area contributed by atoms with Gasteiger partial charge in [0.2, 0.25) is 0 Å². The predicted molar refractivity (Wildman–Crippen MR) is 71.1 cm³/mol. The highest BCUT2D eigenvalue weighted by Gasteiger charge is 2.31. The summed E-state index contributed by atoms with van der Waals surface area (Å²) in [5.74, 6) is 0. The van der Waals surface area contributed by atoms with Crippen molar-refractivity contribution in [2.24, 2.45) is 0 Å². The van der Waals surface area contributed by atoms with Gasteiger partial charge in [-0.1, -0.05) is 30.3 Å². The third-order valence-electron chi connectivity index (χ3n) is 4.24. The van der Waals surface area contributed by atoms with Gasteiger partial charge in [-0.25, -0.2) is 0 Å². The lowest BCUT2D eigenvalue weighted by atomic mass is 10.0. The van der Waals surface area contributed by atoms with Crippen LogP contribution in [0.15, 0.2) is 30.3 Å². The van der Waals surface area contributed by atoms with Crippen molar-refractivity contribution in [3.05, 3.63) is 35.9 Å². The molecule has 2 saturated heterocycles. The van der Waals surface area contributed by atoms with Gasteiger partial charge in [-0.3, -0.25) is 4.90 Å². The van der Waals surface area contributed by atoms with Gasteiger partial charge in [-0.15, -0.1) is 0 Å². The maximum absolute atomic E-state index is 3.49. The molecule has 1 N–H and O–H groups in total. The number of hydrogen-bond donors (Lipinski definition) is 1. The maximum atomic E-state index is 3.49. The van der Waals surface area contributed by atoms with Crippen LogP contribution in [0.2, 0.25) is 0 Å². The molecule has 0 spiro atoms. The van der Waals surface area contributed by atoms with Gasteiger partial charge in [0.25, 0.3) is 0 Å². The topological polar surface area (TPSA) is 15.3 Å². The standard InChI is InChI=1S/C15H22N2/c1-2-5-13(6-3-1)11-14-7-4-10-17(14)15-8-9-16-12-15/h1-3,5-6,14-16H,4,7-12H2. The van der Waals surface area contributed by atoms with Crippen LogP contribution in [0, 0.1) is 0 Å². The van der Waals surface area contributed by atoms with Gasteiger partial charge in [-0.05, 0) is 44.3 Å². The van der Waals surface area contributed by atoms with E-state index in [2.05, 4.69) is 40.5 Å². The van der Waals surface area contributed by atoms with E-state index in [4.69, 9.17) is 0 Å². The van der Waals surface area contributed by atoms with Gasteiger partial charge in [0.05, 0.1) is 0 Å². The Balaban J connectivity index is 1.65. The highest BCUT2D eigenvalue weighted by Crippen LogP contribution is 2.25. The van der Waals surface area contributed by atoms with Gasteiger partial charge in [0, 0.05) is 18.6 Å². The summed E-state index contributed by atoms with van der Waals surface area (Å²) in [5, 5.41) is 3.49. The molecule has 17 heavy (non-hydrogen) atoms. The highest BCUT2D eigenvalue weighted by molar-refractivity contribution is 5.16. The minimum absolute atomic E-state index is 0.780. The molecule has 0 bridgehead atoms. The van der Waals surface area contributed by atoms with Crippen LogP contribution in [-0.4, -0.2) is 36.6 Å². The number of benzene rings is 1. The first-order valence-corrected chi connectivity index (χ1v) is 6.94. The van der Waals surface area contributed by atoms with Gasteiger partial charge in [-0.2, -0.15) is 0 Å². The molecule has 3 rings (SSSR count). The lowest BCUT2D eigenvalue weighted by Crippen LogP contribution is -2.41. The number of rotatable bonds is 3. The molecule has 0 aliphatic carbocycles. The second kappa shape index (κ2) is 5.19. The molecule has 2 aliphatic heterocycles. The molecular formula is C15H22N2. The second-order valence-corrected chi connectivity index (χ2v) is 5.37. The fourth-order valence-electron chi connectivity index (χ4n) is 3.37. The second-order valence-electron chi connectivity index (χ2n) is 5.37. The van der Waals surface area contributed by atoms with E-state index >= 15 is 0 Å². The molecule has 1 aromatic carbocycles. The first-order valence-electron chi connectivity index (χ1n) is 6.94. The molecule has 2 heterocycles. The Kier molecular flexibility index (Phi) is 3.44. The zero-order valence-corrected chi connectivity index (χ0v) is 10.4. The Labute approximate surface area is 104 Å². The molecule has 2 heteroatoms. The molecule has 2 fully saturated rings. The quantitative estimate of drug-likeness (QED) is 0.855. The normalized spacial score (nSPS) is 29.9. The Morgan fingerprint density at radius 3 is 2.82 bits per heavy atom. The third-order valence-corrected chi connectivity index (χ3v) is 4.24. The van der Waals surface area contributed by atoms with E-state index < -0.39 is 0 Å². The van der Waals surface area contributed by atoms with Crippen LogP contribution in [0.1, 0.15) is 24.8 Å². The van der Waals surface area contributed by atoms with Crippen molar-refractivity contribution in [1.82, 2.24) is 10.2 Å². The van der Waals surface area contributed by atoms with E-state index in [9.17, 15) is 0 Å². The molecule has 0 radical (unpaired) electrons. The van der Waals surface area contributed by atoms with Crippen LogP contribution in [0.4, 0.5) is 0 Å². The summed E-state index contributed by atoms with van der Waals surface area (Å²) < 4.78 is 0. The first kappa shape index (κ1) is 11.2. The van der Waals surface area contributed by atoms with Gasteiger partial charge in [0.15, 0.2) is 0 Å². The van der Waals surface area contributed by atoms with Crippen molar-refractivity contribution < 1.29 is 0 Å². The summed E-state index contributed by atoms with van der Waals surface area (Å²) in [7, 11) is 0. The van der Waals surface area contributed by atoms with E-state index in [-0.39, 0.29) is 0 Å². The highest BCUT2D eigenvalue weighted by atomic mass is 15.2. The van der Waals surface area contributed by atoms with Gasteiger partial charge >= 0.3 is 0 Å². The Hall–Kier alpha value is -0.860. The van der Waals surface area contributed by atoms with Crippen LogP contribution >= 0.6 is 0 Å². The summed E-state index contributed by atoms with van der Waals surface area (Å²) in [6.45, 7) is 3.72. The average molecular weight is 230 g/mol. The summed E-state index contributed by atoms with van der Waals surface area (Å²) in [6.07, 6.45) is 5.34.